The minimum absolute atomic E-state index is 0.0996. The molecule has 0 unspecified atom stereocenters. The molecular formula is C23H26N4O3S. The summed E-state index contributed by atoms with van der Waals surface area (Å²) in [6.07, 6.45) is 3.67. The highest BCUT2D eigenvalue weighted by molar-refractivity contribution is 7.99. The number of amides is 3. The van der Waals surface area contributed by atoms with Crippen LogP contribution in [0.2, 0.25) is 0 Å². The maximum Gasteiger partial charge on any atom is 0.233 e. The standard InChI is InChI=1S/C23H26N4O3S/c1-14-13-15(2)25-23(24-14)31-17-9-7-16(8-10-17)26-20(28)11-12-27-21(29)18-5-3-4-6-19(18)22(27)30/h7-10,13,18-19H,3-6,11-12H2,1-2H3,(H,26,28)/t18-,19+. The van der Waals surface area contributed by atoms with Crippen LogP contribution in [0.3, 0.4) is 0 Å². The molecular weight excluding hydrogens is 412 g/mol. The van der Waals surface area contributed by atoms with Crippen LogP contribution in [0.25, 0.3) is 0 Å². The number of carbonyl (C=O) groups is 3. The van der Waals surface area contributed by atoms with E-state index in [9.17, 15) is 14.4 Å². The normalized spacial score (nSPS) is 20.6. The molecule has 2 atom stereocenters. The summed E-state index contributed by atoms with van der Waals surface area (Å²) in [7, 11) is 0. The van der Waals surface area contributed by atoms with Gasteiger partial charge in [0.15, 0.2) is 5.16 Å². The second kappa shape index (κ2) is 9.18. The minimum atomic E-state index is -0.214. The first-order valence-corrected chi connectivity index (χ1v) is 11.5. The van der Waals surface area contributed by atoms with Crippen LogP contribution in [0, 0.1) is 25.7 Å². The summed E-state index contributed by atoms with van der Waals surface area (Å²) < 4.78 is 0. The van der Waals surface area contributed by atoms with E-state index < -0.39 is 0 Å². The molecule has 1 aliphatic heterocycles. The maximum atomic E-state index is 12.5. The van der Waals surface area contributed by atoms with Gasteiger partial charge in [-0.3, -0.25) is 19.3 Å². The molecule has 4 rings (SSSR count). The number of likely N-dealkylation sites (tertiary alicyclic amines) is 1. The molecule has 1 aromatic heterocycles. The van der Waals surface area contributed by atoms with E-state index in [4.69, 9.17) is 0 Å². The number of aromatic nitrogens is 2. The van der Waals surface area contributed by atoms with Crippen molar-refractivity contribution in [3.63, 3.8) is 0 Å². The molecule has 2 aliphatic rings. The summed E-state index contributed by atoms with van der Waals surface area (Å²) in [6.45, 7) is 4.03. The van der Waals surface area contributed by atoms with E-state index >= 15 is 0 Å². The quantitative estimate of drug-likeness (QED) is 0.545. The van der Waals surface area contributed by atoms with E-state index in [0.717, 1.165) is 42.0 Å². The number of fused-ring (bicyclic) bond motifs is 1. The van der Waals surface area contributed by atoms with Crippen molar-refractivity contribution in [3.8, 4) is 0 Å². The molecule has 0 spiro atoms. The molecule has 1 saturated carbocycles. The highest BCUT2D eigenvalue weighted by Crippen LogP contribution is 2.38. The smallest absolute Gasteiger partial charge is 0.233 e. The molecule has 3 amide bonds. The van der Waals surface area contributed by atoms with Crippen molar-refractivity contribution in [3.05, 3.63) is 41.7 Å². The Bertz CT molecular complexity index is 964. The van der Waals surface area contributed by atoms with Crippen molar-refractivity contribution in [2.75, 3.05) is 11.9 Å². The lowest BCUT2D eigenvalue weighted by Crippen LogP contribution is -2.34. The Morgan fingerprint density at radius 3 is 2.19 bits per heavy atom. The van der Waals surface area contributed by atoms with Gasteiger partial charge < -0.3 is 5.32 Å². The molecule has 1 saturated heterocycles. The van der Waals surface area contributed by atoms with Crippen LogP contribution >= 0.6 is 11.8 Å². The Kier molecular flexibility index (Phi) is 6.36. The van der Waals surface area contributed by atoms with Crippen LogP contribution in [0.5, 0.6) is 0 Å². The Balaban J connectivity index is 1.30. The lowest BCUT2D eigenvalue weighted by atomic mass is 9.81. The van der Waals surface area contributed by atoms with Crippen molar-refractivity contribution in [1.29, 1.82) is 0 Å². The summed E-state index contributed by atoms with van der Waals surface area (Å²) >= 11 is 1.46. The summed E-state index contributed by atoms with van der Waals surface area (Å²) in [5, 5.41) is 3.53. The van der Waals surface area contributed by atoms with E-state index in [1.54, 1.807) is 0 Å². The van der Waals surface area contributed by atoms with E-state index in [1.165, 1.54) is 16.7 Å². The third-order valence-corrected chi connectivity index (χ3v) is 6.68. The topological polar surface area (TPSA) is 92.3 Å². The molecule has 8 heteroatoms. The predicted molar refractivity (Wildman–Crippen MR) is 117 cm³/mol. The van der Waals surface area contributed by atoms with Crippen LogP contribution in [-0.2, 0) is 14.4 Å². The zero-order chi connectivity index (χ0) is 22.0. The van der Waals surface area contributed by atoms with Crippen molar-refractivity contribution >= 4 is 35.2 Å². The van der Waals surface area contributed by atoms with Gasteiger partial charge in [0.25, 0.3) is 0 Å². The van der Waals surface area contributed by atoms with Crippen LogP contribution in [0.15, 0.2) is 40.4 Å². The lowest BCUT2D eigenvalue weighted by Gasteiger charge is -2.19. The van der Waals surface area contributed by atoms with E-state index in [0.29, 0.717) is 10.8 Å². The number of nitrogens with one attached hydrogen (secondary N) is 1. The number of aryl methyl sites for hydroxylation is 2. The van der Waals surface area contributed by atoms with Crippen molar-refractivity contribution < 1.29 is 14.4 Å². The molecule has 31 heavy (non-hydrogen) atoms. The zero-order valence-corrected chi connectivity index (χ0v) is 18.6. The second-order valence-corrected chi connectivity index (χ2v) is 9.22. The number of rotatable bonds is 6. The van der Waals surface area contributed by atoms with E-state index in [-0.39, 0.29) is 42.5 Å². The van der Waals surface area contributed by atoms with Gasteiger partial charge in [-0.15, -0.1) is 0 Å². The summed E-state index contributed by atoms with van der Waals surface area (Å²) in [4.78, 5) is 48.5. The SMILES string of the molecule is Cc1cc(C)nc(Sc2ccc(NC(=O)CCN3C(=O)[C@H]4CCCC[C@H]4C3=O)cc2)n1. The number of hydrogen-bond donors (Lipinski definition) is 1. The van der Waals surface area contributed by atoms with Gasteiger partial charge in [0, 0.05) is 34.9 Å². The van der Waals surface area contributed by atoms with Crippen LogP contribution < -0.4 is 5.32 Å². The van der Waals surface area contributed by atoms with Gasteiger partial charge in [-0.05, 0) is 68.8 Å². The molecule has 2 heterocycles. The van der Waals surface area contributed by atoms with Crippen molar-refractivity contribution in [1.82, 2.24) is 14.9 Å². The number of anilines is 1. The summed E-state index contributed by atoms with van der Waals surface area (Å²) in [5.74, 6) is -0.755. The highest BCUT2D eigenvalue weighted by atomic mass is 32.2. The van der Waals surface area contributed by atoms with Crippen molar-refractivity contribution in [2.45, 2.75) is 56.0 Å². The second-order valence-electron chi connectivity index (χ2n) is 8.18. The number of imide groups is 1. The van der Waals surface area contributed by atoms with Gasteiger partial charge in [0.2, 0.25) is 17.7 Å². The van der Waals surface area contributed by atoms with Gasteiger partial charge in [0.05, 0.1) is 11.8 Å². The Morgan fingerprint density at radius 2 is 1.61 bits per heavy atom. The fraction of sp³-hybridized carbons (Fsp3) is 0.435. The molecule has 0 bridgehead atoms. The third kappa shape index (κ3) is 4.95. The molecule has 1 aliphatic carbocycles. The van der Waals surface area contributed by atoms with Crippen LogP contribution in [0.4, 0.5) is 5.69 Å². The average molecular weight is 439 g/mol. The summed E-state index contributed by atoms with van der Waals surface area (Å²) in [6, 6.07) is 9.38. The van der Waals surface area contributed by atoms with Crippen LogP contribution in [0.1, 0.15) is 43.5 Å². The monoisotopic (exact) mass is 438 g/mol. The van der Waals surface area contributed by atoms with Crippen LogP contribution in [-0.4, -0.2) is 39.1 Å². The predicted octanol–water partition coefficient (Wildman–Crippen LogP) is 3.75. The fourth-order valence-corrected chi connectivity index (χ4v) is 5.20. The van der Waals surface area contributed by atoms with Gasteiger partial charge in [0.1, 0.15) is 0 Å². The minimum Gasteiger partial charge on any atom is -0.326 e. The van der Waals surface area contributed by atoms with Gasteiger partial charge in [-0.2, -0.15) is 0 Å². The van der Waals surface area contributed by atoms with Gasteiger partial charge in [-0.1, -0.05) is 12.8 Å². The number of hydrogen-bond acceptors (Lipinski definition) is 6. The molecule has 162 valence electrons. The molecule has 7 nitrogen and oxygen atoms in total. The van der Waals surface area contributed by atoms with E-state index in [1.807, 2.05) is 44.2 Å². The summed E-state index contributed by atoms with van der Waals surface area (Å²) in [5.41, 5.74) is 2.52. The molecule has 2 aromatic rings. The van der Waals surface area contributed by atoms with Crippen molar-refractivity contribution in [2.24, 2.45) is 11.8 Å². The fourth-order valence-electron chi connectivity index (χ4n) is 4.34. The molecule has 1 aromatic carbocycles. The number of benzene rings is 1. The maximum absolute atomic E-state index is 12.5. The number of nitrogens with zero attached hydrogens (tertiary/aromatic N) is 3. The molecule has 1 N–H and O–H groups in total. The first-order chi connectivity index (χ1) is 14.9. The average Bonchev–Trinajstić information content (AvgIpc) is 2.97. The van der Waals surface area contributed by atoms with Gasteiger partial charge >= 0.3 is 0 Å². The Labute approximate surface area is 186 Å². The lowest BCUT2D eigenvalue weighted by molar-refractivity contribution is -0.140. The van der Waals surface area contributed by atoms with Gasteiger partial charge in [-0.25, -0.2) is 9.97 Å². The Hall–Kier alpha value is -2.74. The third-order valence-electron chi connectivity index (χ3n) is 5.80. The first-order valence-electron chi connectivity index (χ1n) is 10.7. The molecule has 0 radical (unpaired) electrons. The first kappa shape index (κ1) is 21.5. The Morgan fingerprint density at radius 1 is 1.03 bits per heavy atom. The zero-order valence-electron chi connectivity index (χ0n) is 17.8. The van der Waals surface area contributed by atoms with E-state index in [2.05, 4.69) is 15.3 Å². The largest absolute Gasteiger partial charge is 0.326 e. The molecule has 2 fully saturated rings. The highest BCUT2D eigenvalue weighted by Gasteiger charge is 2.47. The number of carbonyl (C=O) groups excluding carboxylic acids is 3.